The van der Waals surface area contributed by atoms with E-state index in [1.807, 2.05) is 25.1 Å². The zero-order valence-electron chi connectivity index (χ0n) is 30.8. The number of carbonyl (C=O) groups is 1. The van der Waals surface area contributed by atoms with Gasteiger partial charge in [-0.05, 0) is 74.1 Å². The third kappa shape index (κ3) is 8.34. The number of aryl methyl sites for hydroxylation is 2. The maximum absolute atomic E-state index is 14.5. The number of aromatic nitrogens is 4. The summed E-state index contributed by atoms with van der Waals surface area (Å²) in [6.45, 7) is 11.4. The number of aliphatic carboxylic acids is 1. The van der Waals surface area contributed by atoms with Crippen molar-refractivity contribution >= 4 is 21.6 Å². The van der Waals surface area contributed by atoms with Gasteiger partial charge in [0.15, 0.2) is 5.65 Å². The van der Waals surface area contributed by atoms with Crippen LogP contribution in [0.3, 0.4) is 0 Å². The van der Waals surface area contributed by atoms with Gasteiger partial charge in [-0.3, -0.25) is 14.1 Å². The number of sulfonamides is 1. The first-order valence-electron chi connectivity index (χ1n) is 17.9. The van der Waals surface area contributed by atoms with Gasteiger partial charge in [-0.2, -0.15) is 9.29 Å². The van der Waals surface area contributed by atoms with Gasteiger partial charge in [0.05, 0.1) is 25.2 Å². The number of carboxylic acids is 1. The van der Waals surface area contributed by atoms with Crippen LogP contribution in [0.2, 0.25) is 0 Å². The fraction of sp³-hybridized carbons (Fsp3) is 0.514. The minimum Gasteiger partial charge on any atom is -0.481 e. The molecule has 5 heterocycles. The van der Waals surface area contributed by atoms with E-state index in [1.54, 1.807) is 26.8 Å². The minimum atomic E-state index is -4.19. The molecular formula is C37H46F2N6O8S. The summed E-state index contributed by atoms with van der Waals surface area (Å²) >= 11 is 0. The van der Waals surface area contributed by atoms with Gasteiger partial charge in [0, 0.05) is 57.5 Å². The van der Waals surface area contributed by atoms with E-state index in [-0.39, 0.29) is 48.6 Å². The van der Waals surface area contributed by atoms with Crippen molar-refractivity contribution in [2.24, 2.45) is 5.41 Å². The normalized spacial score (nSPS) is 18.1. The molecule has 0 spiro atoms. The second-order valence-electron chi connectivity index (χ2n) is 14.0. The van der Waals surface area contributed by atoms with Gasteiger partial charge in [0.1, 0.15) is 18.1 Å². The smallest absolute Gasteiger partial charge is 0.310 e. The van der Waals surface area contributed by atoms with Crippen LogP contribution in [0.25, 0.3) is 5.65 Å². The number of rotatable bonds is 11. The van der Waals surface area contributed by atoms with E-state index in [0.29, 0.717) is 61.6 Å². The molecule has 17 heteroatoms. The summed E-state index contributed by atoms with van der Waals surface area (Å²) in [6.07, 6.45) is -1.01. The Hall–Kier alpha value is -4.29. The molecule has 3 aromatic heterocycles. The summed E-state index contributed by atoms with van der Waals surface area (Å²) in [5.41, 5.74) is 1.92. The highest BCUT2D eigenvalue weighted by Gasteiger charge is 2.41. The predicted octanol–water partition coefficient (Wildman–Crippen LogP) is 4.62. The topological polar surface area (TPSA) is 158 Å². The van der Waals surface area contributed by atoms with Crippen LogP contribution in [0.4, 0.5) is 8.78 Å². The largest absolute Gasteiger partial charge is 0.481 e. The van der Waals surface area contributed by atoms with E-state index >= 15 is 0 Å². The molecule has 1 fully saturated rings. The summed E-state index contributed by atoms with van der Waals surface area (Å²) in [6, 6.07) is 10.1. The molecule has 0 aliphatic carbocycles. The van der Waals surface area contributed by atoms with Crippen molar-refractivity contribution in [3.63, 3.8) is 0 Å². The van der Waals surface area contributed by atoms with Crippen LogP contribution in [0.5, 0.6) is 11.8 Å². The molecule has 6 rings (SSSR count). The molecular weight excluding hydrogens is 727 g/mol. The number of benzene rings is 1. The van der Waals surface area contributed by atoms with E-state index in [1.165, 1.54) is 27.0 Å². The number of pyridine rings is 2. The van der Waals surface area contributed by atoms with Gasteiger partial charge in [-0.1, -0.05) is 18.2 Å². The molecule has 0 unspecified atom stereocenters. The Bertz CT molecular complexity index is 2070. The average molecular weight is 773 g/mol. The molecule has 292 valence electrons. The van der Waals surface area contributed by atoms with Crippen LogP contribution < -0.4 is 9.47 Å². The van der Waals surface area contributed by atoms with Gasteiger partial charge in [0.2, 0.25) is 27.6 Å². The lowest BCUT2D eigenvalue weighted by molar-refractivity contribution is -0.147. The van der Waals surface area contributed by atoms with Crippen LogP contribution in [0, 0.1) is 19.3 Å². The molecule has 1 atom stereocenters. The van der Waals surface area contributed by atoms with E-state index < -0.39 is 39.6 Å². The van der Waals surface area contributed by atoms with E-state index in [9.17, 15) is 27.1 Å². The Balaban J connectivity index is 1.34. The molecule has 0 amide bonds. The van der Waals surface area contributed by atoms with Gasteiger partial charge < -0.3 is 24.1 Å². The van der Waals surface area contributed by atoms with E-state index in [2.05, 4.69) is 20.1 Å². The van der Waals surface area contributed by atoms with Crippen molar-refractivity contribution in [1.82, 2.24) is 28.8 Å². The zero-order valence-corrected chi connectivity index (χ0v) is 31.7. The molecule has 14 nitrogen and oxygen atoms in total. The molecule has 2 aliphatic heterocycles. The maximum Gasteiger partial charge on any atom is 0.310 e. The summed E-state index contributed by atoms with van der Waals surface area (Å²) in [4.78, 5) is 19.4. The Morgan fingerprint density at radius 2 is 1.76 bits per heavy atom. The first-order valence-corrected chi connectivity index (χ1v) is 19.3. The molecule has 2 aliphatic rings. The van der Waals surface area contributed by atoms with Gasteiger partial charge in [-0.15, -0.1) is 10.2 Å². The monoisotopic (exact) mass is 772 g/mol. The molecule has 1 N–H and O–H groups in total. The molecule has 0 bridgehead atoms. The van der Waals surface area contributed by atoms with Crippen molar-refractivity contribution in [2.75, 3.05) is 65.8 Å². The third-order valence-corrected chi connectivity index (χ3v) is 11.9. The number of carboxylic acid groups (broad SMARTS) is 1. The molecule has 1 aromatic carbocycles. The highest BCUT2D eigenvalue weighted by atomic mass is 32.2. The van der Waals surface area contributed by atoms with Gasteiger partial charge >= 0.3 is 5.97 Å². The van der Waals surface area contributed by atoms with Crippen LogP contribution in [-0.2, 0) is 30.8 Å². The number of morpholine rings is 1. The lowest BCUT2D eigenvalue weighted by Crippen LogP contribution is -2.38. The quantitative estimate of drug-likeness (QED) is 0.226. The van der Waals surface area contributed by atoms with E-state index in [4.69, 9.17) is 18.9 Å². The highest BCUT2D eigenvalue weighted by molar-refractivity contribution is 7.89. The standard InChI is InChI=1S/C37H46F2N6O8S/c1-24-6-7-26(31(37(3,4)36(46)47)28-10-12-45-33(25(28)2)41-42-34(45)32(38)39)22-27(24)23-44-11-5-16-50-20-21-53-35-29(54(44,48)49)8-9-30(40-35)52-19-15-43-13-17-51-18-14-43/h6-10,12,22,31-32H,5,11,13-21,23H2,1-4H3,(H,46,47)/t31-/m0/s1. The number of nitrogens with zero attached hydrogens (tertiary/aromatic N) is 6. The number of hydrogen-bond acceptors (Lipinski definition) is 11. The summed E-state index contributed by atoms with van der Waals surface area (Å²) in [5, 5.41) is 18.1. The zero-order chi connectivity index (χ0) is 38.6. The average Bonchev–Trinajstić information content (AvgIpc) is 3.58. The Morgan fingerprint density at radius 1 is 1.00 bits per heavy atom. The van der Waals surface area contributed by atoms with Crippen LogP contribution in [0.1, 0.15) is 66.3 Å². The molecule has 0 radical (unpaired) electrons. The number of fused-ring (bicyclic) bond motifs is 2. The molecule has 0 saturated carbocycles. The number of ether oxygens (including phenoxy) is 4. The first-order chi connectivity index (χ1) is 25.8. The molecule has 1 saturated heterocycles. The summed E-state index contributed by atoms with van der Waals surface area (Å²) in [7, 11) is -4.19. The Kier molecular flexibility index (Phi) is 12.1. The Morgan fingerprint density at radius 3 is 2.50 bits per heavy atom. The Labute approximate surface area is 313 Å². The van der Waals surface area contributed by atoms with Crippen molar-refractivity contribution in [3.05, 3.63) is 76.2 Å². The van der Waals surface area contributed by atoms with Crippen molar-refractivity contribution < 1.29 is 46.0 Å². The van der Waals surface area contributed by atoms with Crippen molar-refractivity contribution in [2.45, 2.75) is 57.9 Å². The van der Waals surface area contributed by atoms with Crippen LogP contribution >= 0.6 is 0 Å². The number of hydrogen-bond donors (Lipinski definition) is 1. The fourth-order valence-electron chi connectivity index (χ4n) is 6.88. The summed E-state index contributed by atoms with van der Waals surface area (Å²) < 4.78 is 81.7. The van der Waals surface area contributed by atoms with Gasteiger partial charge in [0.25, 0.3) is 6.43 Å². The predicted molar refractivity (Wildman–Crippen MR) is 193 cm³/mol. The first kappa shape index (κ1) is 39.4. The molecule has 54 heavy (non-hydrogen) atoms. The highest BCUT2D eigenvalue weighted by Crippen LogP contribution is 2.44. The second-order valence-corrected chi connectivity index (χ2v) is 15.9. The number of halogens is 2. The fourth-order valence-corrected chi connectivity index (χ4v) is 8.40. The van der Waals surface area contributed by atoms with Crippen LogP contribution in [-0.4, -0.2) is 114 Å². The SMILES string of the molecule is Cc1ccc([C@@H](c2ccn3c(C(F)F)nnc3c2C)C(C)(C)C(=O)O)cc1CN1CCCOCCOc2nc(OCCN3CCOCC3)ccc2S1(=O)=O. The molecule has 4 aromatic rings. The number of alkyl halides is 2. The maximum atomic E-state index is 14.5. The van der Waals surface area contributed by atoms with Crippen molar-refractivity contribution in [1.29, 1.82) is 0 Å². The van der Waals surface area contributed by atoms with Crippen LogP contribution in [0.15, 0.2) is 47.5 Å². The lowest BCUT2D eigenvalue weighted by atomic mass is 9.70. The van der Waals surface area contributed by atoms with Crippen molar-refractivity contribution in [3.8, 4) is 11.8 Å². The summed E-state index contributed by atoms with van der Waals surface area (Å²) in [5.74, 6) is -2.22. The second kappa shape index (κ2) is 16.6. The third-order valence-electron chi connectivity index (χ3n) is 10.1. The lowest BCUT2D eigenvalue weighted by Gasteiger charge is -2.33. The van der Waals surface area contributed by atoms with E-state index in [0.717, 1.165) is 18.7 Å². The van der Waals surface area contributed by atoms with Gasteiger partial charge in [-0.25, -0.2) is 17.2 Å². The minimum absolute atomic E-state index is 0.0423.